The van der Waals surface area contributed by atoms with Crippen LogP contribution in [0.3, 0.4) is 0 Å². The van der Waals surface area contributed by atoms with E-state index in [9.17, 15) is 22.8 Å². The van der Waals surface area contributed by atoms with Gasteiger partial charge < -0.3 is 25.0 Å². The minimum Gasteiger partial charge on any atom is -0.475 e. The van der Waals surface area contributed by atoms with Crippen LogP contribution in [0.1, 0.15) is 18.4 Å². The Hall–Kier alpha value is -2.86. The zero-order valence-electron chi connectivity index (χ0n) is 20.0. The minimum absolute atomic E-state index is 0.00659. The molecule has 196 valence electrons. The number of alkyl halides is 3. The molecule has 0 aliphatic carbocycles. The highest BCUT2D eigenvalue weighted by atomic mass is 19.4. The molecule has 12 heteroatoms. The third-order valence-corrected chi connectivity index (χ3v) is 6.02. The van der Waals surface area contributed by atoms with Gasteiger partial charge in [-0.15, -0.1) is 0 Å². The number of amides is 3. The zero-order valence-corrected chi connectivity index (χ0v) is 20.0. The van der Waals surface area contributed by atoms with Crippen molar-refractivity contribution < 1.29 is 37.4 Å². The summed E-state index contributed by atoms with van der Waals surface area (Å²) in [5.74, 6) is -2.64. The summed E-state index contributed by atoms with van der Waals surface area (Å²) in [6.45, 7) is 5.42. The van der Waals surface area contributed by atoms with Crippen LogP contribution in [0, 0.1) is 5.41 Å². The number of likely N-dealkylation sites (tertiary alicyclic amines) is 1. The Morgan fingerprint density at radius 3 is 2.26 bits per heavy atom. The van der Waals surface area contributed by atoms with E-state index in [2.05, 4.69) is 10.2 Å². The van der Waals surface area contributed by atoms with Gasteiger partial charge in [-0.2, -0.15) is 13.2 Å². The highest BCUT2D eigenvalue weighted by molar-refractivity contribution is 5.77. The van der Waals surface area contributed by atoms with Crippen LogP contribution in [0.25, 0.3) is 0 Å². The van der Waals surface area contributed by atoms with Crippen LogP contribution in [0.4, 0.5) is 18.0 Å². The van der Waals surface area contributed by atoms with Crippen LogP contribution in [-0.2, 0) is 20.9 Å². The van der Waals surface area contributed by atoms with Crippen molar-refractivity contribution in [3.05, 3.63) is 35.9 Å². The molecule has 1 aromatic rings. The molecular weight excluding hydrogens is 469 g/mol. The second-order valence-corrected chi connectivity index (χ2v) is 8.99. The van der Waals surface area contributed by atoms with E-state index in [0.29, 0.717) is 26.3 Å². The van der Waals surface area contributed by atoms with E-state index in [1.165, 1.54) is 0 Å². The van der Waals surface area contributed by atoms with Gasteiger partial charge in [-0.3, -0.25) is 9.69 Å². The molecule has 2 saturated heterocycles. The van der Waals surface area contributed by atoms with E-state index in [-0.39, 0.29) is 17.4 Å². The number of rotatable bonds is 4. The molecule has 2 aliphatic heterocycles. The molecule has 0 bridgehead atoms. The van der Waals surface area contributed by atoms with Gasteiger partial charge >= 0.3 is 18.2 Å². The zero-order chi connectivity index (χ0) is 26.1. The first-order chi connectivity index (χ1) is 16.4. The van der Waals surface area contributed by atoms with Gasteiger partial charge in [0.2, 0.25) is 5.91 Å². The number of carboxylic acids is 1. The average Bonchev–Trinajstić information content (AvgIpc) is 3.00. The van der Waals surface area contributed by atoms with Gasteiger partial charge in [0, 0.05) is 52.2 Å². The molecule has 2 aliphatic rings. The van der Waals surface area contributed by atoms with Crippen LogP contribution >= 0.6 is 0 Å². The Balaban J connectivity index is 0.000000540. The van der Waals surface area contributed by atoms with Crippen molar-refractivity contribution in [2.45, 2.75) is 25.6 Å². The number of ether oxygens (including phenoxy) is 1. The van der Waals surface area contributed by atoms with Crippen molar-refractivity contribution in [1.82, 2.24) is 20.0 Å². The fraction of sp³-hybridized carbons (Fsp3) is 0.609. The lowest BCUT2D eigenvalue weighted by molar-refractivity contribution is -0.192. The monoisotopic (exact) mass is 502 g/mol. The number of piperidine rings is 1. The lowest BCUT2D eigenvalue weighted by Gasteiger charge is -2.42. The van der Waals surface area contributed by atoms with Gasteiger partial charge in [0.1, 0.15) is 0 Å². The first-order valence-electron chi connectivity index (χ1n) is 11.3. The summed E-state index contributed by atoms with van der Waals surface area (Å²) in [6.07, 6.45) is -3.28. The van der Waals surface area contributed by atoms with Gasteiger partial charge in [0.25, 0.3) is 0 Å². The number of halogens is 3. The summed E-state index contributed by atoms with van der Waals surface area (Å²) in [5, 5.41) is 10.1. The predicted molar refractivity (Wildman–Crippen MR) is 122 cm³/mol. The largest absolute Gasteiger partial charge is 0.490 e. The summed E-state index contributed by atoms with van der Waals surface area (Å²) in [6, 6.07) is 9.94. The molecular formula is C23H33F3N4O5. The Bertz CT molecular complexity index is 843. The first kappa shape index (κ1) is 28.4. The second kappa shape index (κ2) is 12.7. The molecule has 0 saturated carbocycles. The van der Waals surface area contributed by atoms with Crippen LogP contribution in [0.15, 0.2) is 30.3 Å². The number of carbonyl (C=O) groups excluding carboxylic acids is 2. The van der Waals surface area contributed by atoms with Crippen molar-refractivity contribution in [2.75, 3.05) is 60.0 Å². The molecule has 3 amide bonds. The molecule has 3 rings (SSSR count). The van der Waals surface area contributed by atoms with Crippen molar-refractivity contribution in [2.24, 2.45) is 5.41 Å². The lowest BCUT2D eigenvalue weighted by Crippen LogP contribution is -2.51. The maximum atomic E-state index is 12.5. The van der Waals surface area contributed by atoms with E-state index in [0.717, 1.165) is 44.6 Å². The fourth-order valence-electron chi connectivity index (χ4n) is 3.92. The Labute approximate surface area is 202 Å². The Morgan fingerprint density at radius 1 is 1.11 bits per heavy atom. The lowest BCUT2D eigenvalue weighted by atomic mass is 9.78. The topological polar surface area (TPSA) is 102 Å². The third-order valence-electron chi connectivity index (χ3n) is 6.02. The Kier molecular flexibility index (Phi) is 10.3. The normalized spacial score (nSPS) is 18.1. The average molecular weight is 503 g/mol. The second-order valence-electron chi connectivity index (χ2n) is 8.99. The van der Waals surface area contributed by atoms with E-state index >= 15 is 0 Å². The van der Waals surface area contributed by atoms with Crippen molar-refractivity contribution in [3.63, 3.8) is 0 Å². The van der Waals surface area contributed by atoms with Gasteiger partial charge in [0.15, 0.2) is 0 Å². The molecule has 2 heterocycles. The third kappa shape index (κ3) is 9.36. The molecule has 2 fully saturated rings. The van der Waals surface area contributed by atoms with Crippen LogP contribution in [-0.4, -0.2) is 104 Å². The number of nitrogens with one attached hydrogen (secondary N) is 1. The van der Waals surface area contributed by atoms with E-state index < -0.39 is 12.1 Å². The van der Waals surface area contributed by atoms with E-state index in [4.69, 9.17) is 14.6 Å². The molecule has 0 radical (unpaired) electrons. The SMILES string of the molecule is CN(C)C(=O)CN1CCOCC2(CCN(C(=O)NCc3ccccc3)CC2)C1.O=C(O)C(F)(F)F. The Morgan fingerprint density at radius 2 is 1.71 bits per heavy atom. The molecule has 0 atom stereocenters. The summed E-state index contributed by atoms with van der Waals surface area (Å²) >= 11 is 0. The van der Waals surface area contributed by atoms with E-state index in [1.807, 2.05) is 35.2 Å². The van der Waals surface area contributed by atoms with Crippen molar-refractivity contribution >= 4 is 17.9 Å². The van der Waals surface area contributed by atoms with Crippen LogP contribution in [0.2, 0.25) is 0 Å². The molecule has 35 heavy (non-hydrogen) atoms. The molecule has 2 N–H and O–H groups in total. The quantitative estimate of drug-likeness (QED) is 0.654. The summed E-state index contributed by atoms with van der Waals surface area (Å²) in [4.78, 5) is 39.3. The maximum absolute atomic E-state index is 12.5. The van der Waals surface area contributed by atoms with Crippen LogP contribution in [0.5, 0.6) is 0 Å². The van der Waals surface area contributed by atoms with Crippen molar-refractivity contribution in [1.29, 1.82) is 0 Å². The van der Waals surface area contributed by atoms with Gasteiger partial charge in [-0.25, -0.2) is 9.59 Å². The number of hydrogen-bond acceptors (Lipinski definition) is 5. The number of carboxylic acid groups (broad SMARTS) is 1. The minimum atomic E-state index is -5.08. The van der Waals surface area contributed by atoms with Gasteiger partial charge in [-0.1, -0.05) is 30.3 Å². The number of aliphatic carboxylic acids is 1. The van der Waals surface area contributed by atoms with Gasteiger partial charge in [-0.05, 0) is 18.4 Å². The number of carbonyl (C=O) groups is 3. The fourth-order valence-corrected chi connectivity index (χ4v) is 3.92. The van der Waals surface area contributed by atoms with E-state index in [1.54, 1.807) is 19.0 Å². The number of benzene rings is 1. The highest BCUT2D eigenvalue weighted by Gasteiger charge is 2.39. The summed E-state index contributed by atoms with van der Waals surface area (Å²) < 4.78 is 37.6. The predicted octanol–water partition coefficient (Wildman–Crippen LogP) is 2.03. The summed E-state index contributed by atoms with van der Waals surface area (Å²) in [5.41, 5.74) is 1.13. The number of likely N-dealkylation sites (N-methyl/N-ethyl adjacent to an activating group) is 1. The van der Waals surface area contributed by atoms with Crippen LogP contribution < -0.4 is 5.32 Å². The number of nitrogens with zero attached hydrogens (tertiary/aromatic N) is 3. The maximum Gasteiger partial charge on any atom is 0.490 e. The molecule has 9 nitrogen and oxygen atoms in total. The number of hydrogen-bond donors (Lipinski definition) is 2. The standard InChI is InChI=1S/C21H32N4O3.C2HF3O2/c1-23(2)19(26)15-24-12-13-28-17-21(16-24)8-10-25(11-9-21)20(27)22-14-18-6-4-3-5-7-18;3-2(4,5)1(6)7/h3-7H,8-17H2,1-2H3,(H,22,27);(H,6,7). The molecule has 1 aromatic carbocycles. The summed E-state index contributed by atoms with van der Waals surface area (Å²) in [7, 11) is 3.58. The highest BCUT2D eigenvalue weighted by Crippen LogP contribution is 2.34. The molecule has 1 spiro atoms. The smallest absolute Gasteiger partial charge is 0.475 e. The molecule has 0 unspecified atom stereocenters. The molecule has 0 aromatic heterocycles. The van der Waals surface area contributed by atoms with Crippen molar-refractivity contribution in [3.8, 4) is 0 Å². The first-order valence-corrected chi connectivity index (χ1v) is 11.3. The number of urea groups is 1. The van der Waals surface area contributed by atoms with Gasteiger partial charge in [0.05, 0.1) is 19.8 Å².